The third-order valence-corrected chi connectivity index (χ3v) is 7.19. The van der Waals surface area contributed by atoms with E-state index in [1.807, 2.05) is 0 Å². The van der Waals surface area contributed by atoms with Gasteiger partial charge in [-0.1, -0.05) is 6.07 Å². The zero-order valence-corrected chi connectivity index (χ0v) is 24.7. The molecule has 18 nitrogen and oxygen atoms in total. The number of isocyanates is 6. The molecule has 1 fully saturated rings. The average molecular weight is 647 g/mol. The van der Waals surface area contributed by atoms with E-state index < -0.39 is 29.1 Å². The zero-order valence-electron chi connectivity index (χ0n) is 24.7. The van der Waals surface area contributed by atoms with E-state index in [0.29, 0.717) is 10.0 Å². The maximum Gasteiger partial charge on any atom is 0.308 e. The molecule has 0 unspecified atom stereocenters. The number of aliphatic imine (C=N–C) groups is 6. The summed E-state index contributed by atoms with van der Waals surface area (Å²) in [6, 6.07) is 6.99. The molecule has 0 atom stereocenters. The standard InChI is InChI=1S/C30H16N9O9/c1-16-20(31-10-40)5-4-19(26(16)34-13-43)25-29(46)37(23-8-6-21(32-11-41)17(2)27(23)35-14-44)39(48)38(30(25)47)24-9-7-22(33-12-42)18(3)28(24)36-15-45/h4-9,25H,1-3H3/q+1. The van der Waals surface area contributed by atoms with Crippen molar-refractivity contribution in [3.63, 3.8) is 0 Å². The molecule has 234 valence electrons. The van der Waals surface area contributed by atoms with Gasteiger partial charge in [-0.2, -0.15) is 30.0 Å². The highest BCUT2D eigenvalue weighted by Gasteiger charge is 2.57. The molecule has 4 rings (SSSR count). The van der Waals surface area contributed by atoms with Crippen molar-refractivity contribution in [3.8, 4) is 0 Å². The second-order valence-corrected chi connectivity index (χ2v) is 9.51. The maximum atomic E-state index is 14.3. The Hall–Kier alpha value is -7.52. The van der Waals surface area contributed by atoms with Gasteiger partial charge in [0, 0.05) is 22.3 Å². The van der Waals surface area contributed by atoms with E-state index in [2.05, 4.69) is 30.0 Å². The van der Waals surface area contributed by atoms with Crippen LogP contribution in [0.1, 0.15) is 28.2 Å². The number of hydrogen-bond acceptors (Lipinski definition) is 15. The normalized spacial score (nSPS) is 13.6. The molecule has 0 spiro atoms. The van der Waals surface area contributed by atoms with Gasteiger partial charge in [0.2, 0.25) is 36.5 Å². The lowest BCUT2D eigenvalue weighted by Crippen LogP contribution is -2.61. The smallest absolute Gasteiger partial charge is 0.267 e. The van der Waals surface area contributed by atoms with E-state index in [1.54, 1.807) is 0 Å². The first-order chi connectivity index (χ1) is 23.1. The first-order valence-electron chi connectivity index (χ1n) is 13.1. The zero-order chi connectivity index (χ0) is 35.1. The molecular weight excluding hydrogens is 630 g/mol. The number of hydrazine groups is 2. The largest absolute Gasteiger partial charge is 0.308 e. The Morgan fingerprint density at radius 3 is 1.23 bits per heavy atom. The maximum absolute atomic E-state index is 14.3. The van der Waals surface area contributed by atoms with Crippen LogP contribution in [0.25, 0.3) is 0 Å². The molecule has 3 aromatic rings. The molecule has 3 aromatic carbocycles. The fraction of sp³-hybridized carbons (Fsp3) is 0.133. The van der Waals surface area contributed by atoms with E-state index in [0.717, 1.165) is 18.2 Å². The molecule has 1 aliphatic heterocycles. The van der Waals surface area contributed by atoms with Gasteiger partial charge in [0.1, 0.15) is 22.7 Å². The number of rotatable bonds is 9. The summed E-state index contributed by atoms with van der Waals surface area (Å²) in [5, 5.41) is 0.818. The molecule has 0 bridgehead atoms. The van der Waals surface area contributed by atoms with Crippen LogP contribution in [0.3, 0.4) is 0 Å². The van der Waals surface area contributed by atoms with Gasteiger partial charge in [-0.25, -0.2) is 28.8 Å². The van der Waals surface area contributed by atoms with Crippen LogP contribution in [0.15, 0.2) is 66.4 Å². The van der Waals surface area contributed by atoms with Gasteiger partial charge in [0.05, 0.1) is 27.7 Å². The number of nitrogens with zero attached hydrogens (tertiary/aromatic N) is 9. The van der Waals surface area contributed by atoms with Crippen LogP contribution in [0.2, 0.25) is 0 Å². The highest BCUT2D eigenvalue weighted by molar-refractivity contribution is 6.19. The lowest BCUT2D eigenvalue weighted by Gasteiger charge is -2.30. The van der Waals surface area contributed by atoms with E-state index in [1.165, 1.54) is 75.4 Å². The lowest BCUT2D eigenvalue weighted by atomic mass is 9.91. The molecule has 0 saturated carbocycles. The van der Waals surface area contributed by atoms with E-state index in [-0.39, 0.29) is 61.4 Å². The summed E-state index contributed by atoms with van der Waals surface area (Å²) in [6.45, 7) is 4.10. The van der Waals surface area contributed by atoms with E-state index in [9.17, 15) is 43.3 Å². The first kappa shape index (κ1) is 33.4. The van der Waals surface area contributed by atoms with Crippen molar-refractivity contribution < 1.29 is 43.3 Å². The van der Waals surface area contributed by atoms with Gasteiger partial charge in [0.25, 0.3) is 4.98 Å². The van der Waals surface area contributed by atoms with Crippen molar-refractivity contribution in [1.82, 2.24) is 0 Å². The highest BCUT2D eigenvalue weighted by atomic mass is 16.4. The Morgan fingerprint density at radius 1 is 0.521 bits per heavy atom. The third-order valence-electron chi connectivity index (χ3n) is 7.19. The number of hydrogen-bond donors (Lipinski definition) is 0. The Balaban J connectivity index is 2.15. The van der Waals surface area contributed by atoms with Crippen molar-refractivity contribution in [2.45, 2.75) is 26.7 Å². The van der Waals surface area contributed by atoms with Crippen molar-refractivity contribution in [3.05, 3.63) is 63.6 Å². The minimum absolute atomic E-state index is 0.0215. The molecule has 1 heterocycles. The number of carbonyl (C=O) groups is 2. The fourth-order valence-electron chi connectivity index (χ4n) is 5.01. The van der Waals surface area contributed by atoms with Crippen LogP contribution in [0.4, 0.5) is 45.5 Å². The number of benzene rings is 3. The van der Waals surface area contributed by atoms with Crippen molar-refractivity contribution >= 4 is 93.8 Å². The second kappa shape index (κ2) is 14.1. The van der Waals surface area contributed by atoms with Crippen LogP contribution in [-0.2, 0) is 38.4 Å². The molecule has 1 aliphatic rings. The second-order valence-electron chi connectivity index (χ2n) is 9.51. The quantitative estimate of drug-likeness (QED) is 0.140. The molecule has 48 heavy (non-hydrogen) atoms. The molecule has 0 N–H and O–H groups in total. The number of carbonyl (C=O) groups excluding carboxylic acids is 8. The SMILES string of the molecule is Cc1c(N=C=O)ccc(C2C(=O)N(c3ccc(N=C=O)c(C)c3N=C=O)[N+](=O)N(c3ccc(N=C=O)c(C)c3N=C=O)C2=O)c1N=C=O. The Kier molecular flexibility index (Phi) is 9.78. The summed E-state index contributed by atoms with van der Waals surface area (Å²) < 4.78 is 0. The summed E-state index contributed by atoms with van der Waals surface area (Å²) in [7, 11) is 0. The van der Waals surface area contributed by atoms with Gasteiger partial charge in [-0.05, 0) is 61.1 Å². The van der Waals surface area contributed by atoms with Crippen molar-refractivity contribution in [2.75, 3.05) is 10.0 Å². The van der Waals surface area contributed by atoms with Crippen molar-refractivity contribution in [1.29, 1.82) is 0 Å². The average Bonchev–Trinajstić information content (AvgIpc) is 3.05. The summed E-state index contributed by atoms with van der Waals surface area (Å²) in [5.74, 6) is -4.52. The Morgan fingerprint density at radius 2 is 0.854 bits per heavy atom. The van der Waals surface area contributed by atoms with Gasteiger partial charge in [-0.3, -0.25) is 9.59 Å². The predicted octanol–water partition coefficient (Wildman–Crippen LogP) is 4.19. The van der Waals surface area contributed by atoms with Gasteiger partial charge < -0.3 is 0 Å². The minimum atomic E-state index is -2.00. The summed E-state index contributed by atoms with van der Waals surface area (Å²) in [4.78, 5) is 131. The molecule has 18 heteroatoms. The Labute approximate surface area is 267 Å². The summed E-state index contributed by atoms with van der Waals surface area (Å²) >= 11 is 0. The molecule has 0 aliphatic carbocycles. The topological polar surface area (TPSA) is 237 Å². The summed E-state index contributed by atoms with van der Waals surface area (Å²) in [5.41, 5.74) is -2.07. The molecule has 2 amide bonds. The number of amides is 2. The Bertz CT molecular complexity index is 1980. The highest BCUT2D eigenvalue weighted by Crippen LogP contribution is 2.46. The van der Waals surface area contributed by atoms with Gasteiger partial charge >= 0.3 is 11.8 Å². The van der Waals surface area contributed by atoms with Crippen LogP contribution >= 0.6 is 0 Å². The lowest BCUT2D eigenvalue weighted by molar-refractivity contribution is -0.558. The molecule has 0 aromatic heterocycles. The minimum Gasteiger partial charge on any atom is -0.267 e. The molecule has 0 radical (unpaired) electrons. The summed E-state index contributed by atoms with van der Waals surface area (Å²) in [6.07, 6.45) is 7.90. The monoisotopic (exact) mass is 646 g/mol. The molecular formula is C30H16N9O9+. The molecule has 1 saturated heterocycles. The van der Waals surface area contributed by atoms with E-state index >= 15 is 0 Å². The van der Waals surface area contributed by atoms with Crippen LogP contribution in [0, 0.1) is 25.7 Å². The third kappa shape index (κ3) is 5.69. The fourth-order valence-corrected chi connectivity index (χ4v) is 5.01. The predicted molar refractivity (Wildman–Crippen MR) is 162 cm³/mol. The van der Waals surface area contributed by atoms with Crippen molar-refractivity contribution in [2.24, 2.45) is 30.0 Å². The van der Waals surface area contributed by atoms with Crippen LogP contribution in [-0.4, -0.2) is 53.3 Å². The first-order valence-corrected chi connectivity index (χ1v) is 13.1. The number of nitroso groups, excluding NO2 is 1. The van der Waals surface area contributed by atoms with E-state index in [4.69, 9.17) is 0 Å². The number of anilines is 2. The van der Waals surface area contributed by atoms with Gasteiger partial charge in [-0.15, -0.1) is 0 Å². The van der Waals surface area contributed by atoms with Gasteiger partial charge in [0.15, 0.2) is 5.92 Å². The van der Waals surface area contributed by atoms with Crippen LogP contribution < -0.4 is 10.0 Å². The van der Waals surface area contributed by atoms with Crippen LogP contribution in [0.5, 0.6) is 0 Å².